The fraction of sp³-hybridized carbons (Fsp3) is 0.385. The van der Waals surface area contributed by atoms with Crippen LogP contribution in [-0.4, -0.2) is 12.7 Å². The van der Waals surface area contributed by atoms with E-state index in [4.69, 9.17) is 6.42 Å². The van der Waals surface area contributed by atoms with E-state index < -0.39 is 0 Å². The van der Waals surface area contributed by atoms with Crippen molar-refractivity contribution in [1.82, 2.24) is 5.32 Å². The molecule has 0 amide bonds. The molecule has 2 aliphatic rings. The van der Waals surface area contributed by atoms with Gasteiger partial charge in [0.2, 0.25) is 0 Å². The molecule has 3 rings (SSSR count). The highest BCUT2D eigenvalue weighted by Crippen LogP contribution is 2.47. The van der Waals surface area contributed by atoms with Crippen molar-refractivity contribution >= 4 is 5.69 Å². The van der Waals surface area contributed by atoms with Gasteiger partial charge in [-0.15, -0.1) is 12.3 Å². The monoisotopic (exact) mass is 198 g/mol. The topological polar surface area (TPSA) is 24.1 Å². The Hall–Kier alpha value is -1.46. The first kappa shape index (κ1) is 8.82. The highest BCUT2D eigenvalue weighted by molar-refractivity contribution is 5.63. The summed E-state index contributed by atoms with van der Waals surface area (Å²) in [6, 6.07) is 8.50. The average molecular weight is 198 g/mol. The molecule has 1 fully saturated rings. The molecule has 0 unspecified atom stereocenters. The van der Waals surface area contributed by atoms with Crippen LogP contribution in [0, 0.1) is 12.3 Å². The maximum Gasteiger partial charge on any atom is 0.0877 e. The Morgan fingerprint density at radius 3 is 3.20 bits per heavy atom. The molecule has 2 aliphatic heterocycles. The number of para-hydroxylation sites is 1. The Morgan fingerprint density at radius 2 is 2.33 bits per heavy atom. The quantitative estimate of drug-likeness (QED) is 0.671. The van der Waals surface area contributed by atoms with Crippen molar-refractivity contribution in [3.63, 3.8) is 0 Å². The summed E-state index contributed by atoms with van der Waals surface area (Å²) in [4.78, 5) is 0. The van der Waals surface area contributed by atoms with Gasteiger partial charge in [0, 0.05) is 17.5 Å². The molecule has 0 aromatic heterocycles. The van der Waals surface area contributed by atoms with Gasteiger partial charge in [-0.25, -0.2) is 0 Å². The molecule has 2 atom stereocenters. The van der Waals surface area contributed by atoms with E-state index >= 15 is 0 Å². The third-order valence-corrected chi connectivity index (χ3v) is 3.65. The lowest BCUT2D eigenvalue weighted by Gasteiger charge is -2.26. The predicted molar refractivity (Wildman–Crippen MR) is 61.6 cm³/mol. The van der Waals surface area contributed by atoms with Gasteiger partial charge in [0.05, 0.1) is 6.17 Å². The molecule has 0 aliphatic carbocycles. The molecule has 2 heteroatoms. The third-order valence-electron chi connectivity index (χ3n) is 3.65. The lowest BCUT2D eigenvalue weighted by Crippen LogP contribution is -2.40. The van der Waals surface area contributed by atoms with Crippen molar-refractivity contribution in [3.8, 4) is 12.3 Å². The summed E-state index contributed by atoms with van der Waals surface area (Å²) in [7, 11) is 0. The zero-order chi connectivity index (χ0) is 10.3. The van der Waals surface area contributed by atoms with E-state index in [0.717, 1.165) is 19.4 Å². The largest absolute Gasteiger partial charge is 0.369 e. The molecule has 1 aromatic rings. The second-order valence-corrected chi connectivity index (χ2v) is 4.36. The molecule has 1 saturated heterocycles. The van der Waals surface area contributed by atoms with Crippen LogP contribution < -0.4 is 10.6 Å². The number of rotatable bonds is 1. The van der Waals surface area contributed by atoms with E-state index in [1.54, 1.807) is 0 Å². The maximum atomic E-state index is 5.51. The lowest BCUT2D eigenvalue weighted by atomic mass is 9.77. The SMILES string of the molecule is C#CC[C@@]12CCN[C@@H]1Nc1ccccc12. The number of hydrogen-bond donors (Lipinski definition) is 2. The summed E-state index contributed by atoms with van der Waals surface area (Å²) in [6.45, 7) is 1.05. The van der Waals surface area contributed by atoms with Gasteiger partial charge in [0.1, 0.15) is 0 Å². The van der Waals surface area contributed by atoms with Gasteiger partial charge in [-0.3, -0.25) is 5.32 Å². The zero-order valence-electron chi connectivity index (χ0n) is 8.59. The summed E-state index contributed by atoms with van der Waals surface area (Å²) >= 11 is 0. The molecule has 2 heterocycles. The van der Waals surface area contributed by atoms with Gasteiger partial charge in [-0.1, -0.05) is 18.2 Å². The Labute approximate surface area is 90.1 Å². The van der Waals surface area contributed by atoms with Crippen LogP contribution in [0.4, 0.5) is 5.69 Å². The van der Waals surface area contributed by atoms with Crippen LogP contribution in [0.2, 0.25) is 0 Å². The van der Waals surface area contributed by atoms with Crippen LogP contribution in [0.15, 0.2) is 24.3 Å². The molecule has 1 aromatic carbocycles. The third kappa shape index (κ3) is 1.04. The van der Waals surface area contributed by atoms with Crippen molar-refractivity contribution < 1.29 is 0 Å². The van der Waals surface area contributed by atoms with Crippen molar-refractivity contribution in [2.45, 2.75) is 24.4 Å². The number of fused-ring (bicyclic) bond motifs is 3. The summed E-state index contributed by atoms with van der Waals surface area (Å²) in [6.07, 6.45) is 7.78. The molecule has 15 heavy (non-hydrogen) atoms. The predicted octanol–water partition coefficient (Wildman–Crippen LogP) is 1.69. The fourth-order valence-corrected chi connectivity index (χ4v) is 2.93. The van der Waals surface area contributed by atoms with Crippen LogP contribution in [0.3, 0.4) is 0 Å². The first-order chi connectivity index (χ1) is 7.37. The Bertz CT molecular complexity index is 432. The first-order valence-electron chi connectivity index (χ1n) is 5.40. The Balaban J connectivity index is 2.13. The van der Waals surface area contributed by atoms with Crippen molar-refractivity contribution in [2.75, 3.05) is 11.9 Å². The van der Waals surface area contributed by atoms with Crippen LogP contribution in [-0.2, 0) is 5.41 Å². The maximum absolute atomic E-state index is 5.51. The van der Waals surface area contributed by atoms with Gasteiger partial charge in [0.25, 0.3) is 0 Å². The smallest absolute Gasteiger partial charge is 0.0877 e. The Kier molecular flexibility index (Phi) is 1.77. The van der Waals surface area contributed by atoms with E-state index in [9.17, 15) is 0 Å². The molecule has 2 nitrogen and oxygen atoms in total. The van der Waals surface area contributed by atoms with Crippen LogP contribution in [0.5, 0.6) is 0 Å². The molecule has 0 spiro atoms. The second kappa shape index (κ2) is 3.01. The van der Waals surface area contributed by atoms with E-state index in [2.05, 4.69) is 40.8 Å². The van der Waals surface area contributed by atoms with E-state index in [0.29, 0.717) is 6.17 Å². The highest BCUT2D eigenvalue weighted by Gasteiger charge is 2.49. The highest BCUT2D eigenvalue weighted by atomic mass is 15.2. The zero-order valence-corrected chi connectivity index (χ0v) is 8.59. The summed E-state index contributed by atoms with van der Waals surface area (Å²) < 4.78 is 0. The van der Waals surface area contributed by atoms with E-state index in [1.807, 2.05) is 0 Å². The molecular weight excluding hydrogens is 184 g/mol. The standard InChI is InChI=1S/C13H14N2/c1-2-7-13-8-9-14-12(13)15-11-6-4-3-5-10(11)13/h1,3-6,12,14-15H,7-9H2/t12-,13+/m1/s1. The average Bonchev–Trinajstić information content (AvgIpc) is 2.74. The summed E-state index contributed by atoms with van der Waals surface area (Å²) in [5.74, 6) is 2.83. The number of nitrogens with one attached hydrogen (secondary N) is 2. The molecular formula is C13H14N2. The van der Waals surface area contributed by atoms with Gasteiger partial charge >= 0.3 is 0 Å². The molecule has 76 valence electrons. The Morgan fingerprint density at radius 1 is 1.47 bits per heavy atom. The number of anilines is 1. The lowest BCUT2D eigenvalue weighted by molar-refractivity contribution is 0.430. The first-order valence-corrected chi connectivity index (χ1v) is 5.40. The normalized spacial score (nSPS) is 31.5. The number of terminal acetylenes is 1. The summed E-state index contributed by atoms with van der Waals surface area (Å²) in [5, 5.41) is 7.00. The molecule has 0 bridgehead atoms. The second-order valence-electron chi connectivity index (χ2n) is 4.36. The van der Waals surface area contributed by atoms with Crippen LogP contribution in [0.1, 0.15) is 18.4 Å². The molecule has 0 radical (unpaired) electrons. The van der Waals surface area contributed by atoms with Crippen LogP contribution in [0.25, 0.3) is 0 Å². The minimum atomic E-state index is 0.130. The minimum Gasteiger partial charge on any atom is -0.369 e. The van der Waals surface area contributed by atoms with Gasteiger partial charge in [-0.05, 0) is 24.6 Å². The summed E-state index contributed by atoms with van der Waals surface area (Å²) in [5.41, 5.74) is 2.76. The van der Waals surface area contributed by atoms with Gasteiger partial charge in [0.15, 0.2) is 0 Å². The van der Waals surface area contributed by atoms with E-state index in [-0.39, 0.29) is 5.41 Å². The van der Waals surface area contributed by atoms with Gasteiger partial charge < -0.3 is 5.32 Å². The van der Waals surface area contributed by atoms with E-state index in [1.165, 1.54) is 11.3 Å². The van der Waals surface area contributed by atoms with Crippen molar-refractivity contribution in [3.05, 3.63) is 29.8 Å². The number of hydrogen-bond acceptors (Lipinski definition) is 2. The van der Waals surface area contributed by atoms with Crippen molar-refractivity contribution in [1.29, 1.82) is 0 Å². The molecule has 2 N–H and O–H groups in total. The van der Waals surface area contributed by atoms with Crippen LogP contribution >= 0.6 is 0 Å². The fourth-order valence-electron chi connectivity index (χ4n) is 2.93. The van der Waals surface area contributed by atoms with Crippen molar-refractivity contribution in [2.24, 2.45) is 0 Å². The number of benzene rings is 1. The molecule has 0 saturated carbocycles. The van der Waals surface area contributed by atoms with Gasteiger partial charge in [-0.2, -0.15) is 0 Å². The minimum absolute atomic E-state index is 0.130.